The lowest BCUT2D eigenvalue weighted by molar-refractivity contribution is -0.127. The summed E-state index contributed by atoms with van der Waals surface area (Å²) >= 11 is 0. The summed E-state index contributed by atoms with van der Waals surface area (Å²) in [5, 5.41) is 3.88. The molecule has 0 aromatic heterocycles. The predicted molar refractivity (Wildman–Crippen MR) is 64.4 cm³/mol. The van der Waals surface area contributed by atoms with E-state index in [0.717, 1.165) is 19.3 Å². The highest BCUT2D eigenvalue weighted by molar-refractivity contribution is 6.39. The van der Waals surface area contributed by atoms with Gasteiger partial charge in [0.2, 0.25) is 5.91 Å². The van der Waals surface area contributed by atoms with E-state index in [1.165, 1.54) is 0 Å². The van der Waals surface area contributed by atoms with Crippen molar-refractivity contribution in [1.82, 2.24) is 10.3 Å². The average molecular weight is 237 g/mol. The van der Waals surface area contributed by atoms with E-state index in [-0.39, 0.29) is 17.9 Å². The maximum atomic E-state index is 12.3. The summed E-state index contributed by atoms with van der Waals surface area (Å²) in [4.78, 5) is 25.3. The second kappa shape index (κ2) is 4.85. The number of rotatable bonds is 2. The molecule has 2 rings (SSSR count). The SMILES string of the molecule is CCC1CCC(C)N1C(=O)C1=NNC(=O)CC1. The van der Waals surface area contributed by atoms with Crippen molar-refractivity contribution >= 4 is 17.5 Å². The van der Waals surface area contributed by atoms with Crippen LogP contribution in [0.5, 0.6) is 0 Å². The van der Waals surface area contributed by atoms with Crippen LogP contribution in [0.3, 0.4) is 0 Å². The van der Waals surface area contributed by atoms with Crippen LogP contribution in [0.2, 0.25) is 0 Å². The minimum atomic E-state index is -0.108. The van der Waals surface area contributed by atoms with Crippen LogP contribution in [0.1, 0.15) is 46.0 Å². The van der Waals surface area contributed by atoms with Crippen molar-refractivity contribution in [1.29, 1.82) is 0 Å². The first-order chi connectivity index (χ1) is 8.13. The zero-order chi connectivity index (χ0) is 12.4. The second-order valence-corrected chi connectivity index (χ2v) is 4.79. The van der Waals surface area contributed by atoms with Crippen LogP contribution in [-0.4, -0.2) is 34.5 Å². The Morgan fingerprint density at radius 1 is 1.47 bits per heavy atom. The van der Waals surface area contributed by atoms with Gasteiger partial charge >= 0.3 is 0 Å². The summed E-state index contributed by atoms with van der Waals surface area (Å²) in [6.07, 6.45) is 3.94. The molecule has 1 fully saturated rings. The molecule has 5 nitrogen and oxygen atoms in total. The number of hydrogen-bond acceptors (Lipinski definition) is 3. The van der Waals surface area contributed by atoms with Gasteiger partial charge in [-0.25, -0.2) is 5.43 Å². The van der Waals surface area contributed by atoms with Gasteiger partial charge in [-0.3, -0.25) is 9.59 Å². The van der Waals surface area contributed by atoms with Crippen molar-refractivity contribution in [2.45, 2.75) is 58.0 Å². The average Bonchev–Trinajstić information content (AvgIpc) is 2.70. The van der Waals surface area contributed by atoms with Gasteiger partial charge < -0.3 is 4.90 Å². The first-order valence-corrected chi connectivity index (χ1v) is 6.31. The van der Waals surface area contributed by atoms with Crippen LogP contribution in [0.15, 0.2) is 5.10 Å². The first kappa shape index (κ1) is 12.1. The van der Waals surface area contributed by atoms with Crippen LogP contribution in [0, 0.1) is 0 Å². The third kappa shape index (κ3) is 2.33. The minimum Gasteiger partial charge on any atom is -0.332 e. The molecule has 2 aliphatic rings. The van der Waals surface area contributed by atoms with Gasteiger partial charge in [0.15, 0.2) is 0 Å². The molecule has 0 spiro atoms. The molecule has 1 saturated heterocycles. The van der Waals surface area contributed by atoms with Gasteiger partial charge in [-0.15, -0.1) is 0 Å². The number of hydrogen-bond donors (Lipinski definition) is 1. The lowest BCUT2D eigenvalue weighted by Gasteiger charge is -2.29. The van der Waals surface area contributed by atoms with E-state index in [1.54, 1.807) is 0 Å². The van der Waals surface area contributed by atoms with Crippen LogP contribution in [0.4, 0.5) is 0 Å². The molecule has 0 aromatic rings. The molecule has 0 saturated carbocycles. The summed E-state index contributed by atoms with van der Waals surface area (Å²) in [6.45, 7) is 4.18. The lowest BCUT2D eigenvalue weighted by atomic mass is 10.1. The van der Waals surface area contributed by atoms with Crippen LogP contribution in [-0.2, 0) is 9.59 Å². The lowest BCUT2D eigenvalue weighted by Crippen LogP contribution is -2.45. The van der Waals surface area contributed by atoms with Gasteiger partial charge in [0.25, 0.3) is 5.91 Å². The Balaban J connectivity index is 2.11. The van der Waals surface area contributed by atoms with Crippen molar-refractivity contribution in [2.24, 2.45) is 5.10 Å². The Labute approximate surface area is 101 Å². The third-order valence-electron chi connectivity index (χ3n) is 3.64. The highest BCUT2D eigenvalue weighted by Gasteiger charge is 2.35. The number of amides is 2. The molecule has 0 bridgehead atoms. The van der Waals surface area contributed by atoms with Crippen LogP contribution >= 0.6 is 0 Å². The summed E-state index contributed by atoms with van der Waals surface area (Å²) in [5.74, 6) is -0.107. The number of nitrogens with zero attached hydrogens (tertiary/aromatic N) is 2. The van der Waals surface area contributed by atoms with Crippen LogP contribution < -0.4 is 5.43 Å². The number of nitrogens with one attached hydrogen (secondary N) is 1. The van der Waals surface area contributed by atoms with Gasteiger partial charge in [0.05, 0.1) is 0 Å². The fraction of sp³-hybridized carbons (Fsp3) is 0.750. The Morgan fingerprint density at radius 3 is 2.82 bits per heavy atom. The van der Waals surface area contributed by atoms with Gasteiger partial charge in [0.1, 0.15) is 5.71 Å². The zero-order valence-electron chi connectivity index (χ0n) is 10.4. The predicted octanol–water partition coefficient (Wildman–Crippen LogP) is 1.04. The summed E-state index contributed by atoms with van der Waals surface area (Å²) < 4.78 is 0. The summed E-state index contributed by atoms with van der Waals surface area (Å²) in [7, 11) is 0. The molecule has 0 aromatic carbocycles. The largest absolute Gasteiger partial charge is 0.332 e. The van der Waals surface area contributed by atoms with E-state index < -0.39 is 0 Å². The monoisotopic (exact) mass is 237 g/mol. The standard InChI is InChI=1S/C12H19N3O2/c1-3-9-5-4-8(2)15(9)12(17)10-6-7-11(16)14-13-10/h8-9H,3-7H2,1-2H3,(H,14,16). The van der Waals surface area contributed by atoms with Gasteiger partial charge in [-0.05, 0) is 26.2 Å². The highest BCUT2D eigenvalue weighted by Crippen LogP contribution is 2.26. The molecule has 2 heterocycles. The third-order valence-corrected chi connectivity index (χ3v) is 3.64. The number of likely N-dealkylation sites (tertiary alicyclic amines) is 1. The smallest absolute Gasteiger partial charge is 0.270 e. The molecule has 2 aliphatic heterocycles. The molecule has 0 aliphatic carbocycles. The van der Waals surface area contributed by atoms with Crippen molar-refractivity contribution in [3.63, 3.8) is 0 Å². The Kier molecular flexibility index (Phi) is 3.45. The fourth-order valence-corrected chi connectivity index (χ4v) is 2.62. The van der Waals surface area contributed by atoms with E-state index >= 15 is 0 Å². The van der Waals surface area contributed by atoms with Crippen molar-refractivity contribution in [2.75, 3.05) is 0 Å². The maximum absolute atomic E-state index is 12.3. The van der Waals surface area contributed by atoms with E-state index in [9.17, 15) is 9.59 Å². The fourth-order valence-electron chi connectivity index (χ4n) is 2.62. The van der Waals surface area contributed by atoms with Crippen LogP contribution in [0.25, 0.3) is 0 Å². The summed E-state index contributed by atoms with van der Waals surface area (Å²) in [6, 6.07) is 0.616. The molecule has 2 unspecified atom stereocenters. The molecular weight excluding hydrogens is 218 g/mol. The molecule has 5 heteroatoms. The molecule has 2 amide bonds. The summed E-state index contributed by atoms with van der Waals surface area (Å²) in [5.41, 5.74) is 2.88. The number of carbonyl (C=O) groups is 2. The Morgan fingerprint density at radius 2 is 2.24 bits per heavy atom. The van der Waals surface area contributed by atoms with E-state index in [1.807, 2.05) is 4.90 Å². The number of carbonyl (C=O) groups excluding carboxylic acids is 2. The highest BCUT2D eigenvalue weighted by atomic mass is 16.2. The molecule has 17 heavy (non-hydrogen) atoms. The molecule has 2 atom stereocenters. The molecule has 1 N–H and O–H groups in total. The van der Waals surface area contributed by atoms with Crippen molar-refractivity contribution in [3.8, 4) is 0 Å². The van der Waals surface area contributed by atoms with E-state index in [4.69, 9.17) is 0 Å². The molecule has 94 valence electrons. The van der Waals surface area contributed by atoms with E-state index in [0.29, 0.717) is 24.6 Å². The number of hydrazone groups is 1. The Bertz CT molecular complexity index is 365. The normalized spacial score (nSPS) is 28.9. The first-order valence-electron chi connectivity index (χ1n) is 6.31. The van der Waals surface area contributed by atoms with Gasteiger partial charge in [-0.1, -0.05) is 6.92 Å². The van der Waals surface area contributed by atoms with Crippen molar-refractivity contribution in [3.05, 3.63) is 0 Å². The topological polar surface area (TPSA) is 61.8 Å². The molecule has 0 radical (unpaired) electrons. The van der Waals surface area contributed by atoms with Crippen molar-refractivity contribution < 1.29 is 9.59 Å². The molecular formula is C12H19N3O2. The van der Waals surface area contributed by atoms with Gasteiger partial charge in [0, 0.05) is 24.9 Å². The zero-order valence-corrected chi connectivity index (χ0v) is 10.4. The minimum absolute atomic E-state index is 0.00171. The van der Waals surface area contributed by atoms with E-state index in [2.05, 4.69) is 24.4 Å². The quantitative estimate of drug-likeness (QED) is 0.780. The maximum Gasteiger partial charge on any atom is 0.270 e. The van der Waals surface area contributed by atoms with Gasteiger partial charge in [-0.2, -0.15) is 5.10 Å². The second-order valence-electron chi connectivity index (χ2n) is 4.79. The Hall–Kier alpha value is -1.39.